The molecule has 17 heavy (non-hydrogen) atoms. The highest BCUT2D eigenvalue weighted by molar-refractivity contribution is 6.31. The summed E-state index contributed by atoms with van der Waals surface area (Å²) in [6, 6.07) is 0.229. The SMILES string of the molecule is CCc1nn(CC)c(CC2=CC(N)CC2)c1Cl. The largest absolute Gasteiger partial charge is 0.324 e. The number of aryl methyl sites for hydroxylation is 2. The van der Waals surface area contributed by atoms with Gasteiger partial charge in [0.1, 0.15) is 0 Å². The van der Waals surface area contributed by atoms with Crippen molar-refractivity contribution < 1.29 is 0 Å². The summed E-state index contributed by atoms with van der Waals surface area (Å²) in [5.41, 5.74) is 9.44. The Morgan fingerprint density at radius 2 is 2.29 bits per heavy atom. The van der Waals surface area contributed by atoms with Crippen molar-refractivity contribution in [2.45, 2.75) is 52.1 Å². The molecule has 2 N–H and O–H groups in total. The molecule has 0 radical (unpaired) electrons. The Morgan fingerprint density at radius 1 is 1.53 bits per heavy atom. The van der Waals surface area contributed by atoms with Crippen molar-refractivity contribution in [2.75, 3.05) is 0 Å². The van der Waals surface area contributed by atoms with Gasteiger partial charge in [-0.2, -0.15) is 5.10 Å². The summed E-state index contributed by atoms with van der Waals surface area (Å²) in [5, 5.41) is 5.38. The zero-order valence-electron chi connectivity index (χ0n) is 10.5. The van der Waals surface area contributed by atoms with Gasteiger partial charge in [-0.1, -0.05) is 30.2 Å². The van der Waals surface area contributed by atoms with Crippen LogP contribution in [0, 0.1) is 0 Å². The molecule has 0 fully saturated rings. The Morgan fingerprint density at radius 3 is 2.82 bits per heavy atom. The molecule has 1 aliphatic carbocycles. The van der Waals surface area contributed by atoms with Gasteiger partial charge in [0.25, 0.3) is 0 Å². The van der Waals surface area contributed by atoms with Crippen molar-refractivity contribution in [3.05, 3.63) is 28.1 Å². The first-order valence-electron chi connectivity index (χ1n) is 6.34. The van der Waals surface area contributed by atoms with Gasteiger partial charge < -0.3 is 5.73 Å². The molecule has 94 valence electrons. The second-order valence-corrected chi connectivity index (χ2v) is 4.96. The maximum atomic E-state index is 6.38. The zero-order valence-corrected chi connectivity index (χ0v) is 11.3. The van der Waals surface area contributed by atoms with Crippen LogP contribution in [0.2, 0.25) is 5.02 Å². The first-order chi connectivity index (χ1) is 8.15. The second-order valence-electron chi connectivity index (χ2n) is 4.58. The normalized spacial score (nSPS) is 19.8. The third-order valence-corrected chi connectivity index (χ3v) is 3.77. The average molecular weight is 254 g/mol. The lowest BCUT2D eigenvalue weighted by atomic mass is 10.1. The summed E-state index contributed by atoms with van der Waals surface area (Å²) in [6.45, 7) is 5.05. The molecule has 0 spiro atoms. The fourth-order valence-corrected chi connectivity index (χ4v) is 2.71. The first kappa shape index (κ1) is 12.7. The predicted octanol–water partition coefficient (Wildman–Crippen LogP) is 2.71. The van der Waals surface area contributed by atoms with Crippen LogP contribution in [0.15, 0.2) is 11.6 Å². The van der Waals surface area contributed by atoms with E-state index in [0.717, 1.165) is 48.6 Å². The molecule has 1 aromatic rings. The van der Waals surface area contributed by atoms with E-state index < -0.39 is 0 Å². The van der Waals surface area contributed by atoms with Crippen molar-refractivity contribution in [3.63, 3.8) is 0 Å². The van der Waals surface area contributed by atoms with E-state index in [0.29, 0.717) is 0 Å². The molecule has 1 aromatic heterocycles. The van der Waals surface area contributed by atoms with Crippen molar-refractivity contribution in [2.24, 2.45) is 5.73 Å². The number of aromatic nitrogens is 2. The highest BCUT2D eigenvalue weighted by Crippen LogP contribution is 2.27. The molecule has 0 bridgehead atoms. The van der Waals surface area contributed by atoms with Gasteiger partial charge in [0.15, 0.2) is 0 Å². The number of halogens is 1. The molecule has 0 aromatic carbocycles. The highest BCUT2D eigenvalue weighted by Gasteiger charge is 2.18. The van der Waals surface area contributed by atoms with Crippen LogP contribution in [0.4, 0.5) is 0 Å². The van der Waals surface area contributed by atoms with Gasteiger partial charge in [-0.05, 0) is 26.2 Å². The van der Waals surface area contributed by atoms with E-state index in [4.69, 9.17) is 17.3 Å². The quantitative estimate of drug-likeness (QED) is 0.839. The fraction of sp³-hybridized carbons (Fsp3) is 0.615. The lowest BCUT2D eigenvalue weighted by Gasteiger charge is -2.05. The van der Waals surface area contributed by atoms with Gasteiger partial charge in [-0.3, -0.25) is 4.68 Å². The second kappa shape index (κ2) is 5.23. The van der Waals surface area contributed by atoms with Crippen LogP contribution >= 0.6 is 11.6 Å². The molecule has 0 aliphatic heterocycles. The molecule has 2 rings (SSSR count). The minimum atomic E-state index is 0.229. The van der Waals surface area contributed by atoms with Crippen LogP contribution in [0.5, 0.6) is 0 Å². The maximum absolute atomic E-state index is 6.38. The number of rotatable bonds is 4. The zero-order chi connectivity index (χ0) is 12.4. The summed E-state index contributed by atoms with van der Waals surface area (Å²) < 4.78 is 2.02. The highest BCUT2D eigenvalue weighted by atomic mass is 35.5. The fourth-order valence-electron chi connectivity index (χ4n) is 2.37. The van der Waals surface area contributed by atoms with Gasteiger partial charge in [0.05, 0.1) is 16.4 Å². The Bertz CT molecular complexity index is 434. The molecule has 0 saturated heterocycles. The number of hydrogen-bond donors (Lipinski definition) is 1. The Kier molecular flexibility index (Phi) is 3.89. The predicted molar refractivity (Wildman–Crippen MR) is 71.3 cm³/mol. The number of allylic oxidation sites excluding steroid dienone is 1. The summed E-state index contributed by atoms with van der Waals surface area (Å²) in [5.74, 6) is 0. The topological polar surface area (TPSA) is 43.8 Å². The monoisotopic (exact) mass is 253 g/mol. The number of nitrogens with zero attached hydrogens (tertiary/aromatic N) is 2. The van der Waals surface area contributed by atoms with Crippen LogP contribution in [0.1, 0.15) is 38.1 Å². The Balaban J connectivity index is 2.25. The summed E-state index contributed by atoms with van der Waals surface area (Å²) in [6.07, 6.45) is 6.11. The van der Waals surface area contributed by atoms with E-state index in [2.05, 4.69) is 25.0 Å². The maximum Gasteiger partial charge on any atom is 0.0853 e. The minimum absolute atomic E-state index is 0.229. The smallest absolute Gasteiger partial charge is 0.0853 e. The van der Waals surface area contributed by atoms with Crippen LogP contribution in [0.3, 0.4) is 0 Å². The number of hydrogen-bond acceptors (Lipinski definition) is 2. The van der Waals surface area contributed by atoms with E-state index in [-0.39, 0.29) is 6.04 Å². The van der Waals surface area contributed by atoms with E-state index in [1.165, 1.54) is 5.57 Å². The molecular weight excluding hydrogens is 234 g/mol. The number of nitrogens with two attached hydrogens (primary N) is 1. The molecule has 0 saturated carbocycles. The third kappa shape index (κ3) is 2.55. The minimum Gasteiger partial charge on any atom is -0.324 e. The van der Waals surface area contributed by atoms with Crippen LogP contribution in [-0.4, -0.2) is 15.8 Å². The average Bonchev–Trinajstić information content (AvgIpc) is 2.85. The van der Waals surface area contributed by atoms with E-state index >= 15 is 0 Å². The van der Waals surface area contributed by atoms with Gasteiger partial charge >= 0.3 is 0 Å². The summed E-state index contributed by atoms with van der Waals surface area (Å²) >= 11 is 6.38. The first-order valence-corrected chi connectivity index (χ1v) is 6.72. The van der Waals surface area contributed by atoms with E-state index in [9.17, 15) is 0 Å². The molecule has 3 nitrogen and oxygen atoms in total. The Hall–Kier alpha value is -0.800. The van der Waals surface area contributed by atoms with E-state index in [1.807, 2.05) is 4.68 Å². The van der Waals surface area contributed by atoms with Crippen LogP contribution < -0.4 is 5.73 Å². The van der Waals surface area contributed by atoms with E-state index in [1.54, 1.807) is 0 Å². The van der Waals surface area contributed by atoms with Gasteiger partial charge in [0.2, 0.25) is 0 Å². The van der Waals surface area contributed by atoms with Gasteiger partial charge in [-0.15, -0.1) is 0 Å². The molecule has 4 heteroatoms. The molecule has 1 atom stereocenters. The van der Waals surface area contributed by atoms with Crippen molar-refractivity contribution in [3.8, 4) is 0 Å². The molecule has 0 amide bonds. The van der Waals surface area contributed by atoms with Crippen molar-refractivity contribution >= 4 is 11.6 Å². The van der Waals surface area contributed by atoms with Crippen LogP contribution in [0.25, 0.3) is 0 Å². The Labute approximate surface area is 108 Å². The molecule has 1 aliphatic rings. The van der Waals surface area contributed by atoms with Gasteiger partial charge in [-0.25, -0.2) is 0 Å². The lowest BCUT2D eigenvalue weighted by molar-refractivity contribution is 0.618. The lowest BCUT2D eigenvalue weighted by Crippen LogP contribution is -2.11. The summed E-state index contributed by atoms with van der Waals surface area (Å²) in [4.78, 5) is 0. The summed E-state index contributed by atoms with van der Waals surface area (Å²) in [7, 11) is 0. The molecule has 1 heterocycles. The molecular formula is C13H20ClN3. The standard InChI is InChI=1S/C13H20ClN3/c1-3-11-13(14)12(17(4-2)16-11)8-9-5-6-10(15)7-9/h7,10H,3-6,8,15H2,1-2H3. The molecule has 1 unspecified atom stereocenters. The third-order valence-electron chi connectivity index (χ3n) is 3.34. The van der Waals surface area contributed by atoms with Gasteiger partial charge in [0, 0.05) is 19.0 Å². The van der Waals surface area contributed by atoms with Crippen LogP contribution in [-0.2, 0) is 19.4 Å². The van der Waals surface area contributed by atoms with Crippen molar-refractivity contribution in [1.82, 2.24) is 9.78 Å². The van der Waals surface area contributed by atoms with Crippen molar-refractivity contribution in [1.29, 1.82) is 0 Å².